The van der Waals surface area contributed by atoms with Gasteiger partial charge in [-0.25, -0.2) is 0 Å². The van der Waals surface area contributed by atoms with Crippen LogP contribution in [-0.4, -0.2) is 43.7 Å². The predicted molar refractivity (Wildman–Crippen MR) is 70.5 cm³/mol. The first-order valence-corrected chi connectivity index (χ1v) is 6.48. The molecule has 1 aliphatic rings. The van der Waals surface area contributed by atoms with Crippen molar-refractivity contribution in [1.29, 1.82) is 0 Å². The van der Waals surface area contributed by atoms with Crippen LogP contribution in [0.5, 0.6) is 0 Å². The maximum absolute atomic E-state index is 12.5. The zero-order valence-corrected chi connectivity index (χ0v) is 10.6. The van der Waals surface area contributed by atoms with Gasteiger partial charge in [-0.05, 0) is 31.0 Å². The Kier molecular flexibility index (Phi) is 4.73. The van der Waals surface area contributed by atoms with Crippen molar-refractivity contribution in [3.05, 3.63) is 35.4 Å². The second kappa shape index (κ2) is 6.52. The van der Waals surface area contributed by atoms with Crippen LogP contribution in [0.1, 0.15) is 22.3 Å². The molecule has 0 spiro atoms. The molecule has 0 aromatic heterocycles. The van der Waals surface area contributed by atoms with Gasteiger partial charge >= 0.3 is 0 Å². The van der Waals surface area contributed by atoms with E-state index in [0.717, 1.165) is 37.1 Å². The van der Waals surface area contributed by atoms with Gasteiger partial charge in [-0.1, -0.05) is 18.2 Å². The number of ether oxygens (including phenoxy) is 1. The molecule has 2 rings (SSSR count). The van der Waals surface area contributed by atoms with Gasteiger partial charge in [0.05, 0.1) is 6.61 Å². The lowest BCUT2D eigenvalue weighted by Gasteiger charge is -2.21. The molecule has 98 valence electrons. The van der Waals surface area contributed by atoms with Gasteiger partial charge in [-0.15, -0.1) is 0 Å². The molecule has 1 aromatic carbocycles. The first-order chi connectivity index (χ1) is 8.83. The summed E-state index contributed by atoms with van der Waals surface area (Å²) in [7, 11) is 0. The molecule has 0 unspecified atom stereocenters. The van der Waals surface area contributed by atoms with Crippen molar-refractivity contribution in [1.82, 2.24) is 4.90 Å². The lowest BCUT2D eigenvalue weighted by atomic mass is 10.0. The Labute approximate surface area is 108 Å². The number of amides is 1. The molecule has 0 radical (unpaired) electrons. The molecule has 0 saturated carbocycles. The van der Waals surface area contributed by atoms with E-state index in [1.807, 2.05) is 29.2 Å². The van der Waals surface area contributed by atoms with Gasteiger partial charge in [0.15, 0.2) is 0 Å². The molecule has 4 heteroatoms. The van der Waals surface area contributed by atoms with E-state index < -0.39 is 0 Å². The molecule has 2 N–H and O–H groups in total. The molecule has 4 nitrogen and oxygen atoms in total. The third-order valence-corrected chi connectivity index (χ3v) is 3.17. The fourth-order valence-corrected chi connectivity index (χ4v) is 2.22. The van der Waals surface area contributed by atoms with Crippen LogP contribution in [0, 0.1) is 0 Å². The number of carbonyl (C=O) groups is 1. The van der Waals surface area contributed by atoms with Crippen molar-refractivity contribution in [2.24, 2.45) is 5.73 Å². The highest BCUT2D eigenvalue weighted by atomic mass is 16.5. The van der Waals surface area contributed by atoms with Crippen LogP contribution in [-0.2, 0) is 11.2 Å². The van der Waals surface area contributed by atoms with Crippen LogP contribution in [0.3, 0.4) is 0 Å². The molecule has 1 saturated heterocycles. The molecule has 0 atom stereocenters. The molecule has 18 heavy (non-hydrogen) atoms. The fourth-order valence-electron chi connectivity index (χ4n) is 2.22. The lowest BCUT2D eigenvalue weighted by molar-refractivity contribution is 0.0740. The number of hydrogen-bond donors (Lipinski definition) is 1. The Morgan fingerprint density at radius 2 is 2.11 bits per heavy atom. The summed E-state index contributed by atoms with van der Waals surface area (Å²) in [6.45, 7) is 3.39. The first kappa shape index (κ1) is 13.1. The maximum atomic E-state index is 12.5. The quantitative estimate of drug-likeness (QED) is 0.870. The van der Waals surface area contributed by atoms with E-state index in [-0.39, 0.29) is 5.91 Å². The minimum Gasteiger partial charge on any atom is -0.380 e. The van der Waals surface area contributed by atoms with Crippen molar-refractivity contribution in [2.45, 2.75) is 12.8 Å². The van der Waals surface area contributed by atoms with E-state index >= 15 is 0 Å². The van der Waals surface area contributed by atoms with Crippen molar-refractivity contribution in [3.8, 4) is 0 Å². The van der Waals surface area contributed by atoms with E-state index in [0.29, 0.717) is 19.7 Å². The molecule has 1 aromatic rings. The Hall–Kier alpha value is -1.39. The molecule has 1 fully saturated rings. The van der Waals surface area contributed by atoms with Crippen molar-refractivity contribution in [2.75, 3.05) is 32.8 Å². The second-order valence-electron chi connectivity index (χ2n) is 4.45. The molecular formula is C14H20N2O2. The SMILES string of the molecule is NCCc1ccccc1C(=O)N1CCCOCC1. The summed E-state index contributed by atoms with van der Waals surface area (Å²) >= 11 is 0. The summed E-state index contributed by atoms with van der Waals surface area (Å²) in [4.78, 5) is 14.4. The highest BCUT2D eigenvalue weighted by molar-refractivity contribution is 5.95. The molecule has 1 heterocycles. The number of carbonyl (C=O) groups excluding carboxylic acids is 1. The Morgan fingerprint density at radius 3 is 2.94 bits per heavy atom. The van der Waals surface area contributed by atoms with E-state index in [1.165, 1.54) is 0 Å². The molecule has 1 amide bonds. The van der Waals surface area contributed by atoms with Crippen LogP contribution in [0.2, 0.25) is 0 Å². The minimum atomic E-state index is 0.101. The largest absolute Gasteiger partial charge is 0.380 e. The van der Waals surface area contributed by atoms with Crippen LogP contribution in [0.15, 0.2) is 24.3 Å². The van der Waals surface area contributed by atoms with Gasteiger partial charge in [0, 0.05) is 25.3 Å². The average molecular weight is 248 g/mol. The number of rotatable bonds is 3. The van der Waals surface area contributed by atoms with Gasteiger partial charge < -0.3 is 15.4 Å². The van der Waals surface area contributed by atoms with Gasteiger partial charge in [-0.3, -0.25) is 4.79 Å². The Morgan fingerprint density at radius 1 is 1.28 bits per heavy atom. The fraction of sp³-hybridized carbons (Fsp3) is 0.500. The van der Waals surface area contributed by atoms with Crippen LogP contribution < -0.4 is 5.73 Å². The maximum Gasteiger partial charge on any atom is 0.254 e. The topological polar surface area (TPSA) is 55.6 Å². The summed E-state index contributed by atoms with van der Waals surface area (Å²) < 4.78 is 5.37. The Bertz CT molecular complexity index is 399. The van der Waals surface area contributed by atoms with E-state index in [9.17, 15) is 4.79 Å². The second-order valence-corrected chi connectivity index (χ2v) is 4.45. The molecule has 0 aliphatic carbocycles. The summed E-state index contributed by atoms with van der Waals surface area (Å²) in [5.41, 5.74) is 7.41. The zero-order valence-electron chi connectivity index (χ0n) is 10.6. The van der Waals surface area contributed by atoms with Crippen LogP contribution >= 0.6 is 0 Å². The minimum absolute atomic E-state index is 0.101. The van der Waals surface area contributed by atoms with Crippen molar-refractivity contribution < 1.29 is 9.53 Å². The monoisotopic (exact) mass is 248 g/mol. The first-order valence-electron chi connectivity index (χ1n) is 6.48. The smallest absolute Gasteiger partial charge is 0.254 e. The average Bonchev–Trinajstić information content (AvgIpc) is 2.68. The highest BCUT2D eigenvalue weighted by Crippen LogP contribution is 2.13. The number of hydrogen-bond acceptors (Lipinski definition) is 3. The summed E-state index contributed by atoms with van der Waals surface area (Å²) in [5.74, 6) is 0.101. The van der Waals surface area contributed by atoms with E-state index in [1.54, 1.807) is 0 Å². The van der Waals surface area contributed by atoms with Gasteiger partial charge in [0.25, 0.3) is 5.91 Å². The third-order valence-electron chi connectivity index (χ3n) is 3.17. The highest BCUT2D eigenvalue weighted by Gasteiger charge is 2.19. The normalized spacial score (nSPS) is 16.4. The van der Waals surface area contributed by atoms with E-state index in [2.05, 4.69) is 0 Å². The third kappa shape index (κ3) is 3.09. The zero-order chi connectivity index (χ0) is 12.8. The summed E-state index contributed by atoms with van der Waals surface area (Å²) in [6.07, 6.45) is 1.65. The van der Waals surface area contributed by atoms with Crippen LogP contribution in [0.25, 0.3) is 0 Å². The number of nitrogens with zero attached hydrogens (tertiary/aromatic N) is 1. The molecule has 0 bridgehead atoms. The number of benzene rings is 1. The Balaban J connectivity index is 2.16. The molecular weight excluding hydrogens is 228 g/mol. The summed E-state index contributed by atoms with van der Waals surface area (Å²) in [5, 5.41) is 0. The van der Waals surface area contributed by atoms with Crippen LogP contribution in [0.4, 0.5) is 0 Å². The van der Waals surface area contributed by atoms with Gasteiger partial charge in [-0.2, -0.15) is 0 Å². The molecule has 1 aliphatic heterocycles. The van der Waals surface area contributed by atoms with Gasteiger partial charge in [0.1, 0.15) is 0 Å². The standard InChI is InChI=1S/C14H20N2O2/c15-7-6-12-4-1-2-5-13(12)14(17)16-8-3-10-18-11-9-16/h1-2,4-5H,3,6-11,15H2. The van der Waals surface area contributed by atoms with Gasteiger partial charge in [0.2, 0.25) is 0 Å². The van der Waals surface area contributed by atoms with Crippen molar-refractivity contribution in [3.63, 3.8) is 0 Å². The summed E-state index contributed by atoms with van der Waals surface area (Å²) in [6, 6.07) is 7.72. The predicted octanol–water partition coefficient (Wildman–Crippen LogP) is 1.05. The lowest BCUT2D eigenvalue weighted by Crippen LogP contribution is -2.34. The van der Waals surface area contributed by atoms with E-state index in [4.69, 9.17) is 10.5 Å². The number of nitrogens with two attached hydrogens (primary N) is 1. The van der Waals surface area contributed by atoms with Crippen molar-refractivity contribution >= 4 is 5.91 Å².